The van der Waals surface area contributed by atoms with E-state index < -0.39 is 0 Å². The number of amides is 2. The molecule has 38 heavy (non-hydrogen) atoms. The molecule has 2 amide bonds. The van der Waals surface area contributed by atoms with Crippen LogP contribution < -0.4 is 10.6 Å². The van der Waals surface area contributed by atoms with Crippen molar-refractivity contribution < 1.29 is 9.59 Å². The lowest BCUT2D eigenvalue weighted by Gasteiger charge is -2.33. The summed E-state index contributed by atoms with van der Waals surface area (Å²) in [6, 6.07) is 17.4. The second kappa shape index (κ2) is 11.8. The standard InChI is InChI=1S/C31H35N3O2S2/c1-6-26(37-23-9-7-8-22(17-23)33-28(35)20-12-10-19(2)11-13-20)29(36)34-30-25(18-32)24-15-14-21(31(3,4)5)16-27(24)38-30/h7-13,17,21,26H,6,14-16H2,1-5H3,(H,33,35)(H,34,36). The molecule has 7 heteroatoms. The number of thiophene rings is 1. The van der Waals surface area contributed by atoms with E-state index in [9.17, 15) is 14.9 Å². The van der Waals surface area contributed by atoms with Crippen molar-refractivity contribution in [2.45, 2.75) is 70.4 Å². The Labute approximate surface area is 234 Å². The third kappa shape index (κ3) is 6.48. The van der Waals surface area contributed by atoms with E-state index >= 15 is 0 Å². The summed E-state index contributed by atoms with van der Waals surface area (Å²) in [5.74, 6) is 0.298. The van der Waals surface area contributed by atoms with Gasteiger partial charge in [-0.2, -0.15) is 5.26 Å². The number of anilines is 2. The summed E-state index contributed by atoms with van der Waals surface area (Å²) in [5, 5.41) is 16.3. The maximum absolute atomic E-state index is 13.3. The van der Waals surface area contributed by atoms with Gasteiger partial charge in [-0.05, 0) is 79.8 Å². The van der Waals surface area contributed by atoms with Crippen molar-refractivity contribution in [3.8, 4) is 6.07 Å². The van der Waals surface area contributed by atoms with E-state index in [2.05, 4.69) is 37.5 Å². The predicted octanol–water partition coefficient (Wildman–Crippen LogP) is 7.84. The van der Waals surface area contributed by atoms with Gasteiger partial charge in [0.05, 0.1) is 10.8 Å². The van der Waals surface area contributed by atoms with Crippen LogP contribution in [0.1, 0.15) is 72.5 Å². The Hall–Kier alpha value is -3.08. The highest BCUT2D eigenvalue weighted by atomic mass is 32.2. The van der Waals surface area contributed by atoms with E-state index in [1.807, 2.05) is 62.4 Å². The maximum atomic E-state index is 13.3. The number of nitrogens with zero attached hydrogens (tertiary/aromatic N) is 1. The molecule has 2 N–H and O–H groups in total. The van der Waals surface area contributed by atoms with Gasteiger partial charge in [-0.25, -0.2) is 0 Å². The number of nitrogens with one attached hydrogen (secondary N) is 2. The molecule has 198 valence electrons. The monoisotopic (exact) mass is 545 g/mol. The zero-order valence-electron chi connectivity index (χ0n) is 22.7. The molecule has 0 aliphatic heterocycles. The van der Waals surface area contributed by atoms with Crippen LogP contribution in [0.2, 0.25) is 0 Å². The molecule has 4 rings (SSSR count). The van der Waals surface area contributed by atoms with Gasteiger partial charge < -0.3 is 10.6 Å². The fraction of sp³-hybridized carbons (Fsp3) is 0.387. The number of carbonyl (C=O) groups is 2. The zero-order chi connectivity index (χ0) is 27.4. The first-order valence-corrected chi connectivity index (χ1v) is 14.8. The Bertz CT molecular complexity index is 1360. The number of fused-ring (bicyclic) bond motifs is 1. The van der Waals surface area contributed by atoms with Crippen molar-refractivity contribution in [3.05, 3.63) is 75.7 Å². The quantitative estimate of drug-likeness (QED) is 0.296. The summed E-state index contributed by atoms with van der Waals surface area (Å²) in [6.45, 7) is 10.8. The summed E-state index contributed by atoms with van der Waals surface area (Å²) in [4.78, 5) is 28.1. The van der Waals surface area contributed by atoms with Crippen LogP contribution in [-0.2, 0) is 17.6 Å². The van der Waals surface area contributed by atoms with Gasteiger partial charge in [0, 0.05) is 21.0 Å². The number of rotatable bonds is 7. The minimum absolute atomic E-state index is 0.103. The largest absolute Gasteiger partial charge is 0.322 e. The topological polar surface area (TPSA) is 82.0 Å². The van der Waals surface area contributed by atoms with E-state index in [0.29, 0.717) is 34.2 Å². The van der Waals surface area contributed by atoms with Crippen LogP contribution in [0.3, 0.4) is 0 Å². The van der Waals surface area contributed by atoms with Gasteiger partial charge in [0.1, 0.15) is 11.1 Å². The van der Waals surface area contributed by atoms with Crippen LogP contribution in [0.4, 0.5) is 10.7 Å². The molecule has 2 aromatic carbocycles. The molecule has 2 atom stereocenters. The molecule has 2 unspecified atom stereocenters. The number of carbonyl (C=O) groups excluding carboxylic acids is 2. The van der Waals surface area contributed by atoms with Gasteiger partial charge in [0.2, 0.25) is 5.91 Å². The summed E-state index contributed by atoms with van der Waals surface area (Å²) in [5.41, 5.74) is 4.35. The molecule has 1 aliphatic rings. The van der Waals surface area contributed by atoms with Crippen molar-refractivity contribution in [2.75, 3.05) is 10.6 Å². The lowest BCUT2D eigenvalue weighted by molar-refractivity contribution is -0.115. The number of aryl methyl sites for hydroxylation is 1. The fourth-order valence-electron chi connectivity index (χ4n) is 4.77. The second-order valence-corrected chi connectivity index (χ2v) is 13.4. The molecular formula is C31H35N3O2S2. The number of nitriles is 1. The Morgan fingerprint density at radius 3 is 2.55 bits per heavy atom. The molecule has 0 bridgehead atoms. The van der Waals surface area contributed by atoms with Crippen LogP contribution >= 0.6 is 23.1 Å². The van der Waals surface area contributed by atoms with Gasteiger partial charge >= 0.3 is 0 Å². The van der Waals surface area contributed by atoms with Crippen molar-refractivity contribution in [2.24, 2.45) is 11.3 Å². The summed E-state index contributed by atoms with van der Waals surface area (Å²) >= 11 is 3.03. The molecule has 1 aromatic heterocycles. The van der Waals surface area contributed by atoms with Crippen molar-refractivity contribution >= 4 is 45.6 Å². The SMILES string of the molecule is CCC(Sc1cccc(NC(=O)c2ccc(C)cc2)c1)C(=O)Nc1sc2c(c1C#N)CCC(C(C)(C)C)C2. The van der Waals surface area contributed by atoms with Gasteiger partial charge in [0.25, 0.3) is 5.91 Å². The second-order valence-electron chi connectivity index (χ2n) is 11.0. The highest BCUT2D eigenvalue weighted by Gasteiger charge is 2.33. The first-order valence-electron chi connectivity index (χ1n) is 13.1. The van der Waals surface area contributed by atoms with Gasteiger partial charge in [-0.3, -0.25) is 9.59 Å². The van der Waals surface area contributed by atoms with Gasteiger partial charge in [0.15, 0.2) is 0 Å². The van der Waals surface area contributed by atoms with Crippen LogP contribution in [0.15, 0.2) is 53.4 Å². The average molecular weight is 546 g/mol. The highest BCUT2D eigenvalue weighted by molar-refractivity contribution is 8.00. The Kier molecular flexibility index (Phi) is 8.64. The predicted molar refractivity (Wildman–Crippen MR) is 158 cm³/mol. The molecule has 3 aromatic rings. The van der Waals surface area contributed by atoms with E-state index in [0.717, 1.165) is 35.3 Å². The molecular weight excluding hydrogens is 510 g/mol. The molecule has 0 saturated heterocycles. The number of hydrogen-bond donors (Lipinski definition) is 2. The number of thioether (sulfide) groups is 1. The Morgan fingerprint density at radius 1 is 1.16 bits per heavy atom. The third-order valence-electron chi connectivity index (χ3n) is 7.19. The molecule has 0 saturated carbocycles. The minimum atomic E-state index is -0.328. The smallest absolute Gasteiger partial charge is 0.255 e. The van der Waals surface area contributed by atoms with E-state index in [4.69, 9.17) is 0 Å². The lowest BCUT2D eigenvalue weighted by Crippen LogP contribution is -2.26. The van der Waals surface area contributed by atoms with Crippen molar-refractivity contribution in [1.82, 2.24) is 0 Å². The molecule has 0 spiro atoms. The first-order chi connectivity index (χ1) is 18.1. The third-order valence-corrected chi connectivity index (χ3v) is 9.71. The molecule has 0 radical (unpaired) electrons. The minimum Gasteiger partial charge on any atom is -0.322 e. The zero-order valence-corrected chi connectivity index (χ0v) is 24.3. The molecule has 1 aliphatic carbocycles. The summed E-state index contributed by atoms with van der Waals surface area (Å²) < 4.78 is 0. The van der Waals surface area contributed by atoms with Crippen molar-refractivity contribution in [3.63, 3.8) is 0 Å². The van der Waals surface area contributed by atoms with E-state index in [-0.39, 0.29) is 22.5 Å². The summed E-state index contributed by atoms with van der Waals surface area (Å²) in [7, 11) is 0. The van der Waals surface area contributed by atoms with Gasteiger partial charge in [-0.1, -0.05) is 51.5 Å². The highest BCUT2D eigenvalue weighted by Crippen LogP contribution is 2.44. The average Bonchev–Trinajstić information content (AvgIpc) is 3.23. The summed E-state index contributed by atoms with van der Waals surface area (Å²) in [6.07, 6.45) is 3.55. The van der Waals surface area contributed by atoms with E-state index in [1.54, 1.807) is 11.3 Å². The fourth-order valence-corrected chi connectivity index (χ4v) is 7.06. The number of hydrogen-bond acceptors (Lipinski definition) is 5. The molecule has 5 nitrogen and oxygen atoms in total. The first kappa shape index (κ1) is 27.9. The van der Waals surface area contributed by atoms with Crippen LogP contribution in [0.5, 0.6) is 0 Å². The van der Waals surface area contributed by atoms with Crippen LogP contribution in [0, 0.1) is 29.6 Å². The lowest BCUT2D eigenvalue weighted by atomic mass is 9.72. The maximum Gasteiger partial charge on any atom is 0.255 e. The Balaban J connectivity index is 1.44. The normalized spacial score (nSPS) is 15.7. The molecule has 0 fully saturated rings. The van der Waals surface area contributed by atoms with Gasteiger partial charge in [-0.15, -0.1) is 23.1 Å². The van der Waals surface area contributed by atoms with E-state index in [1.165, 1.54) is 16.6 Å². The van der Waals surface area contributed by atoms with Crippen LogP contribution in [-0.4, -0.2) is 17.1 Å². The Morgan fingerprint density at radius 2 is 1.89 bits per heavy atom. The van der Waals surface area contributed by atoms with Crippen molar-refractivity contribution in [1.29, 1.82) is 5.26 Å². The van der Waals surface area contributed by atoms with Crippen LogP contribution in [0.25, 0.3) is 0 Å². The molecule has 1 heterocycles. The number of benzene rings is 2.